The van der Waals surface area contributed by atoms with Gasteiger partial charge in [-0.05, 0) is 38.0 Å². The average molecular weight is 417 g/mol. The van der Waals surface area contributed by atoms with Crippen LogP contribution in [0.4, 0.5) is 0 Å². The van der Waals surface area contributed by atoms with E-state index in [9.17, 15) is 4.79 Å². The topological polar surface area (TPSA) is 59.4 Å². The molecule has 1 aliphatic heterocycles. The predicted molar refractivity (Wildman–Crippen MR) is 119 cm³/mol. The van der Waals surface area contributed by atoms with Gasteiger partial charge in [0, 0.05) is 43.0 Å². The fourth-order valence-corrected chi connectivity index (χ4v) is 5.37. The van der Waals surface area contributed by atoms with Crippen molar-refractivity contribution in [1.29, 1.82) is 0 Å². The molecule has 1 N–H and O–H groups in total. The number of rotatable bonds is 5. The highest BCUT2D eigenvalue weighted by Gasteiger charge is 2.32. The number of hydrogen-bond acceptors (Lipinski definition) is 4. The minimum atomic E-state index is 0.101. The SMILES string of the molecule is CC(C)Cn1nc(C(=O)N2CCOCC2)c2c1CCC(NC1CCCCCCC1)C2. The largest absolute Gasteiger partial charge is 0.378 e. The van der Waals surface area contributed by atoms with E-state index in [1.165, 1.54) is 56.2 Å². The molecule has 0 spiro atoms. The number of fused-ring (bicyclic) bond motifs is 1. The highest BCUT2D eigenvalue weighted by molar-refractivity contribution is 5.94. The van der Waals surface area contributed by atoms with Crippen molar-refractivity contribution in [2.75, 3.05) is 26.3 Å². The molecule has 1 amide bonds. The molecule has 1 unspecified atom stereocenters. The van der Waals surface area contributed by atoms with Crippen LogP contribution >= 0.6 is 0 Å². The summed E-state index contributed by atoms with van der Waals surface area (Å²) in [6.07, 6.45) is 12.6. The molecule has 1 saturated carbocycles. The molecule has 1 atom stereocenters. The van der Waals surface area contributed by atoms with Crippen LogP contribution < -0.4 is 5.32 Å². The Hall–Kier alpha value is -1.40. The molecule has 0 radical (unpaired) electrons. The molecule has 3 aliphatic rings. The van der Waals surface area contributed by atoms with E-state index in [1.54, 1.807) is 0 Å². The van der Waals surface area contributed by atoms with Gasteiger partial charge >= 0.3 is 0 Å². The fourth-order valence-electron chi connectivity index (χ4n) is 5.37. The number of carbonyl (C=O) groups excluding carboxylic acids is 1. The van der Waals surface area contributed by atoms with Gasteiger partial charge in [0.25, 0.3) is 5.91 Å². The molecule has 6 heteroatoms. The lowest BCUT2D eigenvalue weighted by Gasteiger charge is -2.31. The van der Waals surface area contributed by atoms with E-state index in [1.807, 2.05) is 4.90 Å². The molecule has 1 aromatic heterocycles. The minimum absolute atomic E-state index is 0.101. The van der Waals surface area contributed by atoms with Crippen molar-refractivity contribution in [2.45, 2.75) is 96.7 Å². The summed E-state index contributed by atoms with van der Waals surface area (Å²) in [7, 11) is 0. The van der Waals surface area contributed by atoms with Gasteiger partial charge in [0.2, 0.25) is 0 Å². The van der Waals surface area contributed by atoms with Crippen molar-refractivity contribution in [3.05, 3.63) is 17.0 Å². The molecule has 0 bridgehead atoms. The van der Waals surface area contributed by atoms with Gasteiger partial charge in [0.1, 0.15) is 0 Å². The monoisotopic (exact) mass is 416 g/mol. The van der Waals surface area contributed by atoms with Gasteiger partial charge in [-0.3, -0.25) is 9.48 Å². The maximum Gasteiger partial charge on any atom is 0.274 e. The third kappa shape index (κ3) is 5.25. The zero-order valence-electron chi connectivity index (χ0n) is 19.0. The molecule has 0 aromatic carbocycles. The van der Waals surface area contributed by atoms with E-state index >= 15 is 0 Å². The lowest BCUT2D eigenvalue weighted by molar-refractivity contribution is 0.0297. The van der Waals surface area contributed by atoms with Gasteiger partial charge in [-0.25, -0.2) is 0 Å². The Morgan fingerprint density at radius 1 is 1.07 bits per heavy atom. The summed E-state index contributed by atoms with van der Waals surface area (Å²) in [6.45, 7) is 7.94. The molecule has 30 heavy (non-hydrogen) atoms. The standard InChI is InChI=1S/C24H40N4O2/c1-18(2)17-28-22-11-10-20(25-19-8-6-4-3-5-7-9-19)16-21(22)23(26-28)24(29)27-12-14-30-15-13-27/h18-20,25H,3-17H2,1-2H3. The molecule has 1 saturated heterocycles. The Kier molecular flexibility index (Phi) is 7.47. The first-order valence-corrected chi connectivity index (χ1v) is 12.3. The third-order valence-electron chi connectivity index (χ3n) is 6.96. The summed E-state index contributed by atoms with van der Waals surface area (Å²) in [5.41, 5.74) is 3.22. The zero-order chi connectivity index (χ0) is 20.9. The van der Waals surface area contributed by atoms with E-state index in [-0.39, 0.29) is 5.91 Å². The van der Waals surface area contributed by atoms with E-state index in [4.69, 9.17) is 9.84 Å². The Bertz CT molecular complexity index is 700. The number of nitrogens with one attached hydrogen (secondary N) is 1. The molecule has 2 fully saturated rings. The lowest BCUT2D eigenvalue weighted by Crippen LogP contribution is -2.43. The van der Waals surface area contributed by atoms with Crippen LogP contribution in [0.2, 0.25) is 0 Å². The first-order chi connectivity index (χ1) is 14.6. The van der Waals surface area contributed by atoms with Crippen molar-refractivity contribution in [2.24, 2.45) is 5.92 Å². The Balaban J connectivity index is 1.51. The maximum atomic E-state index is 13.3. The van der Waals surface area contributed by atoms with Gasteiger partial charge in [-0.15, -0.1) is 0 Å². The second kappa shape index (κ2) is 10.3. The van der Waals surface area contributed by atoms with Gasteiger partial charge < -0.3 is 15.0 Å². The lowest BCUT2D eigenvalue weighted by atomic mass is 9.89. The molecule has 4 rings (SSSR count). The van der Waals surface area contributed by atoms with Crippen molar-refractivity contribution < 1.29 is 9.53 Å². The van der Waals surface area contributed by atoms with Gasteiger partial charge in [-0.2, -0.15) is 5.10 Å². The molecule has 168 valence electrons. The smallest absolute Gasteiger partial charge is 0.274 e. The van der Waals surface area contributed by atoms with Crippen LogP contribution in [0, 0.1) is 5.92 Å². The highest BCUT2D eigenvalue weighted by atomic mass is 16.5. The first kappa shape index (κ1) is 21.8. The maximum absolute atomic E-state index is 13.3. The summed E-state index contributed by atoms with van der Waals surface area (Å²) < 4.78 is 7.59. The molecular weight excluding hydrogens is 376 g/mol. The van der Waals surface area contributed by atoms with E-state index in [2.05, 4.69) is 23.8 Å². The van der Waals surface area contributed by atoms with Crippen molar-refractivity contribution in [3.63, 3.8) is 0 Å². The number of hydrogen-bond donors (Lipinski definition) is 1. The van der Waals surface area contributed by atoms with Crippen LogP contribution in [0.3, 0.4) is 0 Å². The highest BCUT2D eigenvalue weighted by Crippen LogP contribution is 2.28. The van der Waals surface area contributed by atoms with Crippen LogP contribution in [0.15, 0.2) is 0 Å². The second-order valence-electron chi connectivity index (χ2n) is 9.90. The van der Waals surface area contributed by atoms with Crippen molar-refractivity contribution in [1.82, 2.24) is 20.0 Å². The quantitative estimate of drug-likeness (QED) is 0.797. The third-order valence-corrected chi connectivity index (χ3v) is 6.96. The van der Waals surface area contributed by atoms with Crippen LogP contribution in [0.1, 0.15) is 87.0 Å². The number of aromatic nitrogens is 2. The van der Waals surface area contributed by atoms with Gasteiger partial charge in [0.15, 0.2) is 5.69 Å². The number of carbonyl (C=O) groups is 1. The van der Waals surface area contributed by atoms with Crippen LogP contribution in [-0.2, 0) is 24.1 Å². The molecule has 6 nitrogen and oxygen atoms in total. The summed E-state index contributed by atoms with van der Waals surface area (Å²) in [6, 6.07) is 1.11. The summed E-state index contributed by atoms with van der Waals surface area (Å²) >= 11 is 0. The van der Waals surface area contributed by atoms with Crippen molar-refractivity contribution in [3.8, 4) is 0 Å². The normalized spacial score (nSPS) is 23.8. The van der Waals surface area contributed by atoms with Gasteiger partial charge in [0.05, 0.1) is 13.2 Å². The Labute approximate surface area is 181 Å². The summed E-state index contributed by atoms with van der Waals surface area (Å²) in [4.78, 5) is 15.3. The number of nitrogens with zero attached hydrogens (tertiary/aromatic N) is 3. The summed E-state index contributed by atoms with van der Waals surface area (Å²) in [5, 5.41) is 8.85. The van der Waals surface area contributed by atoms with Crippen molar-refractivity contribution >= 4 is 5.91 Å². The summed E-state index contributed by atoms with van der Waals surface area (Å²) in [5.74, 6) is 0.620. The van der Waals surface area contributed by atoms with Crippen LogP contribution in [0.5, 0.6) is 0 Å². The average Bonchev–Trinajstić information content (AvgIpc) is 3.07. The number of morpholine rings is 1. The Morgan fingerprint density at radius 3 is 2.47 bits per heavy atom. The van der Waals surface area contributed by atoms with E-state index < -0.39 is 0 Å². The fraction of sp³-hybridized carbons (Fsp3) is 0.833. The Morgan fingerprint density at radius 2 is 1.77 bits per heavy atom. The zero-order valence-corrected chi connectivity index (χ0v) is 19.0. The molecule has 2 heterocycles. The number of ether oxygens (including phenoxy) is 1. The van der Waals surface area contributed by atoms with Gasteiger partial charge in [-0.1, -0.05) is 46.0 Å². The molecular formula is C24H40N4O2. The van der Waals surface area contributed by atoms with Crippen LogP contribution in [0.25, 0.3) is 0 Å². The minimum Gasteiger partial charge on any atom is -0.378 e. The molecule has 2 aliphatic carbocycles. The second-order valence-corrected chi connectivity index (χ2v) is 9.90. The number of amides is 1. The van der Waals surface area contributed by atoms with Crippen LogP contribution in [-0.4, -0.2) is 59.0 Å². The predicted octanol–water partition coefficient (Wildman–Crippen LogP) is 3.57. The van der Waals surface area contributed by atoms with E-state index in [0.29, 0.717) is 50.0 Å². The van der Waals surface area contributed by atoms with E-state index in [0.717, 1.165) is 25.8 Å². The molecule has 1 aromatic rings. The first-order valence-electron chi connectivity index (χ1n) is 12.3.